The molecule has 2 aromatic heterocycles. The molecular weight excluding hydrogens is 392 g/mol. The summed E-state index contributed by atoms with van der Waals surface area (Å²) in [5.41, 5.74) is 9.03. The van der Waals surface area contributed by atoms with Gasteiger partial charge in [0.15, 0.2) is 11.0 Å². The van der Waals surface area contributed by atoms with E-state index in [1.54, 1.807) is 11.8 Å². The standard InChI is InChI=1S/C20H23ClN6S/c1-2-27-17(10-11-22)25-26-20(27)28-19-15-8-3-4-9-16(15)23-18(24-19)13-6-5-7-14(21)12-13/h5-7,12H,2-4,8-11,22H2,1H3. The van der Waals surface area contributed by atoms with Crippen molar-refractivity contribution < 1.29 is 0 Å². The van der Waals surface area contributed by atoms with E-state index in [1.165, 1.54) is 12.0 Å². The Labute approximate surface area is 173 Å². The first-order valence-corrected chi connectivity index (χ1v) is 10.8. The van der Waals surface area contributed by atoms with Gasteiger partial charge in [-0.25, -0.2) is 9.97 Å². The van der Waals surface area contributed by atoms with Crippen molar-refractivity contribution in [3.63, 3.8) is 0 Å². The lowest BCUT2D eigenvalue weighted by molar-refractivity contribution is 0.634. The van der Waals surface area contributed by atoms with Crippen LogP contribution in [0.15, 0.2) is 34.4 Å². The Morgan fingerprint density at radius 2 is 2.04 bits per heavy atom. The van der Waals surface area contributed by atoms with Gasteiger partial charge in [-0.2, -0.15) is 0 Å². The lowest BCUT2D eigenvalue weighted by atomic mass is 9.97. The van der Waals surface area contributed by atoms with Crippen molar-refractivity contribution in [1.82, 2.24) is 24.7 Å². The molecule has 0 unspecified atom stereocenters. The Morgan fingerprint density at radius 3 is 2.82 bits per heavy atom. The Kier molecular flexibility index (Phi) is 5.94. The molecule has 1 aliphatic rings. The van der Waals surface area contributed by atoms with E-state index in [0.717, 1.165) is 65.3 Å². The van der Waals surface area contributed by atoms with Crippen LogP contribution in [0.25, 0.3) is 11.4 Å². The molecule has 146 valence electrons. The third kappa shape index (κ3) is 3.92. The number of halogens is 1. The van der Waals surface area contributed by atoms with Crippen LogP contribution >= 0.6 is 23.4 Å². The smallest absolute Gasteiger partial charge is 0.197 e. The molecule has 0 saturated carbocycles. The highest BCUT2D eigenvalue weighted by Gasteiger charge is 2.21. The number of fused-ring (bicyclic) bond motifs is 1. The summed E-state index contributed by atoms with van der Waals surface area (Å²) in [6.45, 7) is 3.46. The molecule has 0 radical (unpaired) electrons. The topological polar surface area (TPSA) is 82.5 Å². The largest absolute Gasteiger partial charge is 0.330 e. The van der Waals surface area contributed by atoms with Gasteiger partial charge in [-0.3, -0.25) is 0 Å². The lowest BCUT2D eigenvalue weighted by Gasteiger charge is -2.19. The fourth-order valence-electron chi connectivity index (χ4n) is 3.51. The number of benzene rings is 1. The second-order valence-corrected chi connectivity index (χ2v) is 8.17. The first kappa shape index (κ1) is 19.4. The maximum absolute atomic E-state index is 6.19. The Morgan fingerprint density at radius 1 is 1.18 bits per heavy atom. The first-order valence-electron chi connectivity index (χ1n) is 9.65. The number of aryl methyl sites for hydroxylation is 1. The number of aromatic nitrogens is 5. The van der Waals surface area contributed by atoms with E-state index >= 15 is 0 Å². The van der Waals surface area contributed by atoms with Crippen molar-refractivity contribution in [1.29, 1.82) is 0 Å². The summed E-state index contributed by atoms with van der Waals surface area (Å²) in [5.74, 6) is 1.64. The van der Waals surface area contributed by atoms with Crippen LogP contribution in [0.2, 0.25) is 5.02 Å². The maximum Gasteiger partial charge on any atom is 0.197 e. The van der Waals surface area contributed by atoms with Crippen LogP contribution in [-0.4, -0.2) is 31.3 Å². The Balaban J connectivity index is 1.77. The summed E-state index contributed by atoms with van der Waals surface area (Å²) in [7, 11) is 0. The summed E-state index contributed by atoms with van der Waals surface area (Å²) in [6, 6.07) is 7.70. The molecule has 0 saturated heterocycles. The lowest BCUT2D eigenvalue weighted by Crippen LogP contribution is -2.11. The molecule has 1 aliphatic carbocycles. The zero-order valence-electron chi connectivity index (χ0n) is 15.9. The van der Waals surface area contributed by atoms with Crippen molar-refractivity contribution in [3.8, 4) is 11.4 Å². The van der Waals surface area contributed by atoms with Crippen LogP contribution in [0.4, 0.5) is 0 Å². The quantitative estimate of drug-likeness (QED) is 0.615. The van der Waals surface area contributed by atoms with Gasteiger partial charge in [-0.05, 0) is 63.0 Å². The van der Waals surface area contributed by atoms with Crippen LogP contribution in [0.1, 0.15) is 36.8 Å². The summed E-state index contributed by atoms with van der Waals surface area (Å²) >= 11 is 7.76. The molecule has 0 spiro atoms. The zero-order chi connectivity index (χ0) is 19.5. The fourth-order valence-corrected chi connectivity index (χ4v) is 4.78. The molecule has 3 aromatic rings. The second-order valence-electron chi connectivity index (χ2n) is 6.78. The van der Waals surface area contributed by atoms with Gasteiger partial charge in [-0.15, -0.1) is 10.2 Å². The van der Waals surface area contributed by atoms with E-state index in [4.69, 9.17) is 27.3 Å². The second kappa shape index (κ2) is 8.59. The van der Waals surface area contributed by atoms with Crippen molar-refractivity contribution in [2.45, 2.75) is 55.8 Å². The molecular formula is C20H23ClN6S. The minimum Gasteiger partial charge on any atom is -0.330 e. The number of nitrogens with zero attached hydrogens (tertiary/aromatic N) is 5. The molecule has 28 heavy (non-hydrogen) atoms. The SMILES string of the molecule is CCn1c(CCN)nnc1Sc1nc(-c2cccc(Cl)c2)nc2c1CCCC2. The molecule has 0 aliphatic heterocycles. The molecule has 0 atom stereocenters. The van der Waals surface area contributed by atoms with E-state index in [2.05, 4.69) is 21.7 Å². The first-order chi connectivity index (χ1) is 13.7. The predicted octanol–water partition coefficient (Wildman–Crippen LogP) is 3.94. The van der Waals surface area contributed by atoms with Gasteiger partial charge in [0.25, 0.3) is 0 Å². The monoisotopic (exact) mass is 414 g/mol. The van der Waals surface area contributed by atoms with Crippen LogP contribution < -0.4 is 5.73 Å². The van der Waals surface area contributed by atoms with E-state index in [9.17, 15) is 0 Å². The van der Waals surface area contributed by atoms with Gasteiger partial charge < -0.3 is 10.3 Å². The molecule has 0 bridgehead atoms. The average molecular weight is 415 g/mol. The maximum atomic E-state index is 6.19. The van der Waals surface area contributed by atoms with Gasteiger partial charge in [0.1, 0.15) is 10.9 Å². The normalized spacial score (nSPS) is 13.5. The van der Waals surface area contributed by atoms with Crippen molar-refractivity contribution in [3.05, 3.63) is 46.4 Å². The van der Waals surface area contributed by atoms with Gasteiger partial charge >= 0.3 is 0 Å². The average Bonchev–Trinajstić information content (AvgIpc) is 3.09. The van der Waals surface area contributed by atoms with Gasteiger partial charge in [0.05, 0.1) is 0 Å². The zero-order valence-corrected chi connectivity index (χ0v) is 17.4. The fraction of sp³-hybridized carbons (Fsp3) is 0.400. The molecule has 0 amide bonds. The molecule has 2 N–H and O–H groups in total. The molecule has 6 nitrogen and oxygen atoms in total. The van der Waals surface area contributed by atoms with Gasteiger partial charge in [-0.1, -0.05) is 23.7 Å². The van der Waals surface area contributed by atoms with Crippen LogP contribution in [0.3, 0.4) is 0 Å². The van der Waals surface area contributed by atoms with Crippen LogP contribution in [0.5, 0.6) is 0 Å². The van der Waals surface area contributed by atoms with Gasteiger partial charge in [0.2, 0.25) is 0 Å². The Hall–Kier alpha value is -1.96. The minimum absolute atomic E-state index is 0.560. The number of rotatable bonds is 6. The van der Waals surface area contributed by atoms with E-state index in [1.807, 2.05) is 24.3 Å². The minimum atomic E-state index is 0.560. The number of hydrogen-bond acceptors (Lipinski definition) is 6. The molecule has 4 rings (SSSR count). The van der Waals surface area contributed by atoms with E-state index < -0.39 is 0 Å². The summed E-state index contributed by atoms with van der Waals surface area (Å²) < 4.78 is 2.12. The number of hydrogen-bond donors (Lipinski definition) is 1. The van der Waals surface area contributed by atoms with Crippen LogP contribution in [-0.2, 0) is 25.8 Å². The molecule has 0 fully saturated rings. The third-order valence-corrected chi connectivity index (χ3v) is 6.14. The van der Waals surface area contributed by atoms with E-state index in [0.29, 0.717) is 11.6 Å². The van der Waals surface area contributed by atoms with Crippen molar-refractivity contribution >= 4 is 23.4 Å². The van der Waals surface area contributed by atoms with E-state index in [-0.39, 0.29) is 0 Å². The highest BCUT2D eigenvalue weighted by atomic mass is 35.5. The van der Waals surface area contributed by atoms with Gasteiger partial charge in [0, 0.05) is 34.8 Å². The van der Waals surface area contributed by atoms with Crippen LogP contribution in [0, 0.1) is 0 Å². The van der Waals surface area contributed by atoms with Crippen molar-refractivity contribution in [2.75, 3.05) is 6.54 Å². The predicted molar refractivity (Wildman–Crippen MR) is 112 cm³/mol. The summed E-state index contributed by atoms with van der Waals surface area (Å²) in [4.78, 5) is 9.77. The highest BCUT2D eigenvalue weighted by molar-refractivity contribution is 7.99. The Bertz CT molecular complexity index is 987. The third-order valence-electron chi connectivity index (χ3n) is 4.89. The number of nitrogens with two attached hydrogens (primary N) is 1. The summed E-state index contributed by atoms with van der Waals surface area (Å²) in [5, 5.41) is 11.2. The summed E-state index contributed by atoms with van der Waals surface area (Å²) in [6.07, 6.45) is 5.03. The highest BCUT2D eigenvalue weighted by Crippen LogP contribution is 2.35. The molecule has 1 aromatic carbocycles. The van der Waals surface area contributed by atoms with Crippen molar-refractivity contribution in [2.24, 2.45) is 5.73 Å². The molecule has 8 heteroatoms. The molecule has 2 heterocycles.